The second kappa shape index (κ2) is 10.9. The Morgan fingerprint density at radius 3 is 1.97 bits per heavy atom. The molecule has 0 aliphatic rings. The second-order valence-corrected chi connectivity index (χ2v) is 22.8. The maximum absolute atomic E-state index is 12.6. The van der Waals surface area contributed by atoms with E-state index >= 15 is 0 Å². The summed E-state index contributed by atoms with van der Waals surface area (Å²) in [6, 6.07) is 9.04. The number of aromatic nitrogens is 1. The minimum atomic E-state index is -2.45. The van der Waals surface area contributed by atoms with E-state index in [-0.39, 0.29) is 6.09 Å². The van der Waals surface area contributed by atoms with Crippen LogP contribution in [-0.4, -0.2) is 34.6 Å². The average molecular weight is 506 g/mol. The Kier molecular flexibility index (Phi) is 9.11. The van der Waals surface area contributed by atoms with Crippen LogP contribution < -0.4 is 3.58 Å². The summed E-state index contributed by atoms with van der Waals surface area (Å²) in [5.74, 6) is 0. The molecule has 4 heteroatoms. The van der Waals surface area contributed by atoms with Gasteiger partial charge in [-0.15, -0.1) is 0 Å². The molecule has 0 bridgehead atoms. The molecule has 162 valence electrons. The summed E-state index contributed by atoms with van der Waals surface area (Å²) < 4.78 is 13.3. The van der Waals surface area contributed by atoms with Crippen LogP contribution in [0.2, 0.25) is 13.3 Å². The van der Waals surface area contributed by atoms with Crippen LogP contribution in [0.15, 0.2) is 30.5 Å². The number of hydrogen-bond acceptors (Lipinski definition) is 2. The Labute approximate surface area is 182 Å². The Morgan fingerprint density at radius 1 is 0.931 bits per heavy atom. The molecule has 0 N–H and O–H groups in total. The molecule has 29 heavy (non-hydrogen) atoms. The molecule has 1 aromatic heterocycles. The fourth-order valence-electron chi connectivity index (χ4n) is 4.30. The number of carbonyl (C=O) groups is 1. The Balaban J connectivity index is 2.43. The van der Waals surface area contributed by atoms with Crippen LogP contribution in [0.25, 0.3) is 10.9 Å². The number of unbranched alkanes of at least 4 members (excludes halogenated alkanes) is 3. The van der Waals surface area contributed by atoms with Crippen molar-refractivity contribution in [1.82, 2.24) is 4.57 Å². The van der Waals surface area contributed by atoms with E-state index in [1.54, 1.807) is 8.15 Å². The van der Waals surface area contributed by atoms with Crippen LogP contribution in [-0.2, 0) is 4.74 Å². The topological polar surface area (TPSA) is 31.2 Å². The summed E-state index contributed by atoms with van der Waals surface area (Å²) in [5, 5.41) is 1.18. The molecule has 2 rings (SSSR count). The molecule has 0 saturated heterocycles. The van der Waals surface area contributed by atoms with Crippen LogP contribution in [0.1, 0.15) is 80.1 Å². The second-order valence-electron chi connectivity index (χ2n) is 9.53. The molecule has 0 fully saturated rings. The predicted octanol–water partition coefficient (Wildman–Crippen LogP) is 7.48. The fraction of sp³-hybridized carbons (Fsp3) is 0.640. The molecule has 0 spiro atoms. The molecule has 0 amide bonds. The van der Waals surface area contributed by atoms with Crippen molar-refractivity contribution >= 4 is 39.0 Å². The van der Waals surface area contributed by atoms with E-state index in [0.29, 0.717) is 0 Å². The van der Waals surface area contributed by atoms with Gasteiger partial charge in [0, 0.05) is 0 Å². The molecule has 0 aliphatic heterocycles. The first-order chi connectivity index (χ1) is 13.8. The van der Waals surface area contributed by atoms with E-state index < -0.39 is 24.0 Å². The summed E-state index contributed by atoms with van der Waals surface area (Å²) >= 11 is -2.45. The zero-order valence-corrected chi connectivity index (χ0v) is 22.4. The van der Waals surface area contributed by atoms with Gasteiger partial charge in [-0.3, -0.25) is 0 Å². The summed E-state index contributed by atoms with van der Waals surface area (Å²) in [7, 11) is 0. The monoisotopic (exact) mass is 507 g/mol. The van der Waals surface area contributed by atoms with Crippen molar-refractivity contribution < 1.29 is 9.53 Å². The first kappa shape index (κ1) is 24.3. The first-order valence-electron chi connectivity index (χ1n) is 11.6. The SMILES string of the molecule is CCC[CH2][Sn]([CH2]CCC)([CH2]CCC)[c]1ccc2c(ccn2C(=O)OC(C)(C)C)c1. The van der Waals surface area contributed by atoms with E-state index in [4.69, 9.17) is 4.74 Å². The van der Waals surface area contributed by atoms with Crippen LogP contribution >= 0.6 is 0 Å². The summed E-state index contributed by atoms with van der Waals surface area (Å²) in [4.78, 5) is 12.6. The number of benzene rings is 1. The third kappa shape index (κ3) is 6.50. The average Bonchev–Trinajstić information content (AvgIpc) is 3.10. The van der Waals surface area contributed by atoms with E-state index in [1.807, 2.05) is 27.0 Å². The summed E-state index contributed by atoms with van der Waals surface area (Å²) in [5.41, 5.74) is 0.476. The predicted molar refractivity (Wildman–Crippen MR) is 128 cm³/mol. The number of rotatable bonds is 10. The van der Waals surface area contributed by atoms with Gasteiger partial charge < -0.3 is 0 Å². The Hall–Kier alpha value is -0.971. The van der Waals surface area contributed by atoms with Gasteiger partial charge in [-0.25, -0.2) is 0 Å². The molecule has 3 nitrogen and oxygen atoms in total. The van der Waals surface area contributed by atoms with Gasteiger partial charge in [-0.2, -0.15) is 0 Å². The standard InChI is InChI=1S/C13H14NO2.3C4H9.Sn/c1-13(2,3)16-12(15)14-9-8-10-6-4-5-7-11(10)14;3*1-3-4-2;/h5-9H,1-3H3;3*1,3-4H2,2H3;. The van der Waals surface area contributed by atoms with Crippen LogP contribution in [0.5, 0.6) is 0 Å². The molecule has 0 atom stereocenters. The molecule has 1 heterocycles. The van der Waals surface area contributed by atoms with E-state index in [2.05, 4.69) is 45.0 Å². The number of carbonyl (C=O) groups excluding carboxylic acids is 1. The van der Waals surface area contributed by atoms with Crippen LogP contribution in [0.3, 0.4) is 0 Å². The molecule has 1 aromatic carbocycles. The van der Waals surface area contributed by atoms with Crippen molar-refractivity contribution in [2.75, 3.05) is 0 Å². The van der Waals surface area contributed by atoms with Gasteiger partial charge in [-0.05, 0) is 0 Å². The number of hydrogen-bond donors (Lipinski definition) is 0. The fourth-order valence-corrected chi connectivity index (χ4v) is 20.3. The van der Waals surface area contributed by atoms with Gasteiger partial charge in [0.2, 0.25) is 0 Å². The number of ether oxygens (including phenoxy) is 1. The molecule has 0 unspecified atom stereocenters. The minimum absolute atomic E-state index is 0.294. The van der Waals surface area contributed by atoms with Crippen molar-refractivity contribution in [2.45, 2.75) is 99.0 Å². The Morgan fingerprint density at radius 2 is 1.48 bits per heavy atom. The van der Waals surface area contributed by atoms with Crippen LogP contribution in [0.4, 0.5) is 4.79 Å². The number of nitrogens with zero attached hydrogens (tertiary/aromatic N) is 1. The van der Waals surface area contributed by atoms with E-state index in [9.17, 15) is 4.79 Å². The molecule has 0 aliphatic carbocycles. The molecular weight excluding hydrogens is 465 g/mol. The molecule has 0 radical (unpaired) electrons. The van der Waals surface area contributed by atoms with Gasteiger partial charge in [0.25, 0.3) is 0 Å². The van der Waals surface area contributed by atoms with Gasteiger partial charge in [0.15, 0.2) is 0 Å². The van der Waals surface area contributed by atoms with Crippen molar-refractivity contribution in [2.24, 2.45) is 0 Å². The van der Waals surface area contributed by atoms with Gasteiger partial charge in [0.05, 0.1) is 0 Å². The molecular formula is C25H41NO2Sn. The number of fused-ring (bicyclic) bond motifs is 1. The van der Waals surface area contributed by atoms with Gasteiger partial charge >= 0.3 is 182 Å². The molecule has 0 saturated carbocycles. The van der Waals surface area contributed by atoms with Crippen molar-refractivity contribution in [1.29, 1.82) is 0 Å². The summed E-state index contributed by atoms with van der Waals surface area (Å²) in [6.07, 6.45) is 9.51. The normalized spacial score (nSPS) is 12.5. The van der Waals surface area contributed by atoms with Gasteiger partial charge in [-0.1, -0.05) is 0 Å². The molecule has 2 aromatic rings. The first-order valence-corrected chi connectivity index (χ1v) is 19.1. The van der Waals surface area contributed by atoms with Crippen LogP contribution in [0, 0.1) is 0 Å². The van der Waals surface area contributed by atoms with E-state index in [0.717, 1.165) is 5.52 Å². The maximum atomic E-state index is 12.6. The summed E-state index contributed by atoms with van der Waals surface area (Å²) in [6.45, 7) is 12.7. The van der Waals surface area contributed by atoms with E-state index in [1.165, 1.54) is 57.2 Å². The van der Waals surface area contributed by atoms with Crippen molar-refractivity contribution in [3.8, 4) is 0 Å². The zero-order chi connectivity index (χ0) is 21.5. The third-order valence-corrected chi connectivity index (χ3v) is 21.5. The Bertz CT molecular complexity index is 766. The van der Waals surface area contributed by atoms with Crippen molar-refractivity contribution in [3.05, 3.63) is 30.5 Å². The van der Waals surface area contributed by atoms with Crippen molar-refractivity contribution in [3.63, 3.8) is 0 Å². The zero-order valence-electron chi connectivity index (χ0n) is 19.5. The quantitative estimate of drug-likeness (QED) is 0.313. The third-order valence-electron chi connectivity index (χ3n) is 5.92. The van der Waals surface area contributed by atoms with Gasteiger partial charge in [0.1, 0.15) is 0 Å².